The topological polar surface area (TPSA) is 57.0 Å². The van der Waals surface area contributed by atoms with Crippen molar-refractivity contribution in [2.24, 2.45) is 0 Å². The van der Waals surface area contributed by atoms with E-state index in [0.717, 1.165) is 23.0 Å². The van der Waals surface area contributed by atoms with E-state index in [1.165, 1.54) is 0 Å². The van der Waals surface area contributed by atoms with Gasteiger partial charge in [-0.25, -0.2) is 0 Å². The molecular weight excluding hydrogens is 266 g/mol. The smallest absolute Gasteiger partial charge is 0.283 e. The molecule has 21 heavy (non-hydrogen) atoms. The van der Waals surface area contributed by atoms with Crippen LogP contribution in [0.4, 0.5) is 0 Å². The molecule has 104 valence electrons. The molecule has 0 atom stereocenters. The Balaban J connectivity index is 1.87. The molecule has 3 aromatic heterocycles. The molecule has 0 bridgehead atoms. The van der Waals surface area contributed by atoms with Gasteiger partial charge in [0.2, 0.25) is 5.89 Å². The lowest BCUT2D eigenvalue weighted by atomic mass is 10.2. The zero-order valence-electron chi connectivity index (χ0n) is 11.5. The fourth-order valence-corrected chi connectivity index (χ4v) is 2.51. The van der Waals surface area contributed by atoms with Crippen LogP contribution in [0.15, 0.2) is 57.7 Å². The van der Waals surface area contributed by atoms with E-state index in [2.05, 4.69) is 33.8 Å². The summed E-state index contributed by atoms with van der Waals surface area (Å²) < 4.78 is 13.2. The van der Waals surface area contributed by atoms with Crippen LogP contribution in [0.1, 0.15) is 6.92 Å². The highest BCUT2D eigenvalue weighted by Gasteiger charge is 2.16. The van der Waals surface area contributed by atoms with E-state index in [0.29, 0.717) is 17.5 Å². The molecule has 0 radical (unpaired) electrons. The van der Waals surface area contributed by atoms with Crippen molar-refractivity contribution < 1.29 is 8.83 Å². The van der Waals surface area contributed by atoms with Crippen molar-refractivity contribution >= 4 is 10.9 Å². The second-order valence-electron chi connectivity index (χ2n) is 4.74. The van der Waals surface area contributed by atoms with E-state index in [9.17, 15) is 0 Å². The standard InChI is InChI=1S/C16H13N3O2/c1-2-19-10-12(11-6-3-4-7-13(11)19)15-17-18-16(21-15)14-8-5-9-20-14/h3-10H,2H2,1H3. The Kier molecular flexibility index (Phi) is 2.64. The van der Waals surface area contributed by atoms with E-state index in [1.807, 2.05) is 18.3 Å². The van der Waals surface area contributed by atoms with Crippen molar-refractivity contribution in [2.45, 2.75) is 13.5 Å². The van der Waals surface area contributed by atoms with Gasteiger partial charge < -0.3 is 13.4 Å². The number of nitrogens with zero attached hydrogens (tertiary/aromatic N) is 3. The van der Waals surface area contributed by atoms with E-state index in [4.69, 9.17) is 8.83 Å². The molecule has 1 aromatic carbocycles. The fraction of sp³-hybridized carbons (Fsp3) is 0.125. The maximum absolute atomic E-state index is 5.75. The number of aryl methyl sites for hydroxylation is 1. The van der Waals surface area contributed by atoms with Crippen LogP contribution in [0.5, 0.6) is 0 Å². The van der Waals surface area contributed by atoms with Crippen LogP contribution in [0.3, 0.4) is 0 Å². The lowest BCUT2D eigenvalue weighted by molar-refractivity contribution is 0.523. The average molecular weight is 279 g/mol. The zero-order valence-corrected chi connectivity index (χ0v) is 11.5. The number of fused-ring (bicyclic) bond motifs is 1. The van der Waals surface area contributed by atoms with Gasteiger partial charge in [-0.15, -0.1) is 10.2 Å². The van der Waals surface area contributed by atoms with Gasteiger partial charge in [0.05, 0.1) is 11.8 Å². The molecule has 0 aliphatic rings. The van der Waals surface area contributed by atoms with Crippen LogP contribution in [0.2, 0.25) is 0 Å². The maximum atomic E-state index is 5.75. The zero-order chi connectivity index (χ0) is 14.2. The van der Waals surface area contributed by atoms with Gasteiger partial charge in [-0.2, -0.15) is 0 Å². The third-order valence-electron chi connectivity index (χ3n) is 3.52. The van der Waals surface area contributed by atoms with Crippen LogP contribution < -0.4 is 0 Å². The van der Waals surface area contributed by atoms with Crippen molar-refractivity contribution in [2.75, 3.05) is 0 Å². The molecule has 5 nitrogen and oxygen atoms in total. The fourth-order valence-electron chi connectivity index (χ4n) is 2.51. The summed E-state index contributed by atoms with van der Waals surface area (Å²) in [5.41, 5.74) is 2.10. The molecule has 0 saturated carbocycles. The predicted octanol–water partition coefficient (Wildman–Crippen LogP) is 3.97. The van der Waals surface area contributed by atoms with E-state index in [1.54, 1.807) is 18.4 Å². The number of furan rings is 1. The highest BCUT2D eigenvalue weighted by Crippen LogP contribution is 2.31. The number of benzene rings is 1. The molecule has 4 aromatic rings. The number of rotatable bonds is 3. The van der Waals surface area contributed by atoms with Gasteiger partial charge in [0.15, 0.2) is 5.76 Å². The summed E-state index contributed by atoms with van der Waals surface area (Å²) in [6.45, 7) is 3.00. The summed E-state index contributed by atoms with van der Waals surface area (Å²) in [5.74, 6) is 1.47. The Hall–Kier alpha value is -2.82. The molecule has 4 rings (SSSR count). The number of para-hydroxylation sites is 1. The summed E-state index contributed by atoms with van der Waals surface area (Å²) in [4.78, 5) is 0. The second kappa shape index (κ2) is 4.63. The second-order valence-corrected chi connectivity index (χ2v) is 4.74. The summed E-state index contributed by atoms with van der Waals surface area (Å²) in [6.07, 6.45) is 3.63. The van der Waals surface area contributed by atoms with Gasteiger partial charge in [0.25, 0.3) is 5.89 Å². The molecule has 0 spiro atoms. The largest absolute Gasteiger partial charge is 0.459 e. The highest BCUT2D eigenvalue weighted by molar-refractivity contribution is 5.94. The molecule has 5 heteroatoms. The van der Waals surface area contributed by atoms with Crippen LogP contribution in [-0.4, -0.2) is 14.8 Å². The van der Waals surface area contributed by atoms with Gasteiger partial charge >= 0.3 is 0 Å². The molecule has 0 fully saturated rings. The molecular formula is C16H13N3O2. The Morgan fingerprint density at radius 3 is 2.71 bits per heavy atom. The first-order valence-corrected chi connectivity index (χ1v) is 6.82. The number of aromatic nitrogens is 3. The lowest BCUT2D eigenvalue weighted by Crippen LogP contribution is -1.89. The van der Waals surface area contributed by atoms with Gasteiger partial charge in [0.1, 0.15) is 0 Å². The minimum Gasteiger partial charge on any atom is -0.459 e. The first kappa shape index (κ1) is 12.0. The SMILES string of the molecule is CCn1cc(-c2nnc(-c3ccco3)o2)c2ccccc21. The van der Waals surface area contributed by atoms with Crippen molar-refractivity contribution in [1.29, 1.82) is 0 Å². The Bertz CT molecular complexity index is 887. The Morgan fingerprint density at radius 1 is 1.05 bits per heavy atom. The molecule has 0 N–H and O–H groups in total. The summed E-state index contributed by atoms with van der Waals surface area (Å²) >= 11 is 0. The van der Waals surface area contributed by atoms with Gasteiger partial charge in [-0.05, 0) is 25.1 Å². The minimum atomic E-state index is 0.392. The molecule has 0 aliphatic heterocycles. The van der Waals surface area contributed by atoms with Gasteiger partial charge in [-0.3, -0.25) is 0 Å². The van der Waals surface area contributed by atoms with Crippen LogP contribution in [0.25, 0.3) is 34.0 Å². The minimum absolute atomic E-state index is 0.392. The summed E-state index contributed by atoms with van der Waals surface area (Å²) in [6, 6.07) is 11.8. The summed E-state index contributed by atoms with van der Waals surface area (Å²) in [7, 11) is 0. The lowest BCUT2D eigenvalue weighted by Gasteiger charge is -1.97. The van der Waals surface area contributed by atoms with Crippen molar-refractivity contribution in [1.82, 2.24) is 14.8 Å². The summed E-state index contributed by atoms with van der Waals surface area (Å²) in [5, 5.41) is 9.31. The molecule has 0 aliphatic carbocycles. The van der Waals surface area contributed by atoms with Crippen LogP contribution in [0, 0.1) is 0 Å². The van der Waals surface area contributed by atoms with Crippen LogP contribution in [-0.2, 0) is 6.54 Å². The Labute approximate surface area is 120 Å². The molecule has 0 saturated heterocycles. The van der Waals surface area contributed by atoms with E-state index < -0.39 is 0 Å². The van der Waals surface area contributed by atoms with Crippen molar-refractivity contribution in [3.05, 3.63) is 48.9 Å². The molecule has 3 heterocycles. The van der Waals surface area contributed by atoms with Gasteiger partial charge in [0, 0.05) is 23.6 Å². The molecule has 0 unspecified atom stereocenters. The maximum Gasteiger partial charge on any atom is 0.283 e. The third-order valence-corrected chi connectivity index (χ3v) is 3.52. The third kappa shape index (κ3) is 1.86. The number of hydrogen-bond donors (Lipinski definition) is 0. The quantitative estimate of drug-likeness (QED) is 0.569. The highest BCUT2D eigenvalue weighted by atomic mass is 16.4. The Morgan fingerprint density at radius 2 is 1.90 bits per heavy atom. The van der Waals surface area contributed by atoms with E-state index in [-0.39, 0.29) is 0 Å². The normalized spacial score (nSPS) is 11.3. The number of hydrogen-bond acceptors (Lipinski definition) is 4. The first-order chi connectivity index (χ1) is 10.4. The van der Waals surface area contributed by atoms with E-state index >= 15 is 0 Å². The molecule has 0 amide bonds. The van der Waals surface area contributed by atoms with Crippen molar-refractivity contribution in [3.63, 3.8) is 0 Å². The van der Waals surface area contributed by atoms with Crippen molar-refractivity contribution in [3.8, 4) is 23.1 Å². The monoisotopic (exact) mass is 279 g/mol. The predicted molar refractivity (Wildman–Crippen MR) is 78.6 cm³/mol. The first-order valence-electron chi connectivity index (χ1n) is 6.82. The van der Waals surface area contributed by atoms with Crippen LogP contribution >= 0.6 is 0 Å². The average Bonchev–Trinajstić information content (AvgIpc) is 3.25. The van der Waals surface area contributed by atoms with Gasteiger partial charge in [-0.1, -0.05) is 18.2 Å².